The standard InChI is InChI=1S/C23H28N2O2/c1-14-20(25-22(27-14)19-6-4-3-5-7-19)21(26)24-15(2)23-11-16-8-17(12-23)10-18(9-16)13-23/h3-7,15-18H,8-13H2,1-2H3,(H,24,26)/t15-,16?,17?,18?,23?/m1/s1. The number of nitrogens with one attached hydrogen (secondary N) is 1. The zero-order chi connectivity index (χ0) is 18.6. The van der Waals surface area contributed by atoms with Crippen molar-refractivity contribution in [2.75, 3.05) is 0 Å². The van der Waals surface area contributed by atoms with Crippen molar-refractivity contribution in [2.24, 2.45) is 23.2 Å². The Balaban J connectivity index is 1.34. The van der Waals surface area contributed by atoms with E-state index >= 15 is 0 Å². The molecule has 2 aromatic rings. The van der Waals surface area contributed by atoms with Crippen LogP contribution in [0.25, 0.3) is 11.5 Å². The summed E-state index contributed by atoms with van der Waals surface area (Å²) in [6.45, 7) is 4.03. The third kappa shape index (κ3) is 2.90. The van der Waals surface area contributed by atoms with E-state index in [0.717, 1.165) is 23.3 Å². The van der Waals surface area contributed by atoms with E-state index in [2.05, 4.69) is 17.2 Å². The van der Waals surface area contributed by atoms with Crippen LogP contribution in [-0.4, -0.2) is 16.9 Å². The molecule has 1 N–H and O–H groups in total. The number of amides is 1. The maximum Gasteiger partial charge on any atom is 0.273 e. The Morgan fingerprint density at radius 2 is 1.70 bits per heavy atom. The molecule has 4 saturated carbocycles. The number of carbonyl (C=O) groups is 1. The second kappa shape index (κ2) is 6.22. The first kappa shape index (κ1) is 17.0. The minimum atomic E-state index is -0.0957. The van der Waals surface area contributed by atoms with Crippen molar-refractivity contribution in [3.05, 3.63) is 41.8 Å². The van der Waals surface area contributed by atoms with Crippen LogP contribution in [0.4, 0.5) is 0 Å². The number of aryl methyl sites for hydroxylation is 1. The number of hydrogen-bond acceptors (Lipinski definition) is 3. The van der Waals surface area contributed by atoms with Gasteiger partial charge in [0.1, 0.15) is 5.76 Å². The van der Waals surface area contributed by atoms with Crippen LogP contribution in [0, 0.1) is 30.1 Å². The van der Waals surface area contributed by atoms with Crippen molar-refractivity contribution in [3.8, 4) is 11.5 Å². The summed E-state index contributed by atoms with van der Waals surface area (Å²) in [5.74, 6) is 3.66. The number of rotatable bonds is 4. The molecule has 1 atom stereocenters. The highest BCUT2D eigenvalue weighted by Crippen LogP contribution is 2.61. The van der Waals surface area contributed by atoms with Gasteiger partial charge >= 0.3 is 0 Å². The minimum Gasteiger partial charge on any atom is -0.441 e. The topological polar surface area (TPSA) is 55.1 Å². The fourth-order valence-electron chi connectivity index (χ4n) is 6.44. The summed E-state index contributed by atoms with van der Waals surface area (Å²) in [5.41, 5.74) is 1.61. The first-order valence-electron chi connectivity index (χ1n) is 10.4. The Morgan fingerprint density at radius 3 is 2.30 bits per heavy atom. The maximum absolute atomic E-state index is 13.0. The van der Waals surface area contributed by atoms with Gasteiger partial charge in [-0.25, -0.2) is 4.98 Å². The number of oxazole rings is 1. The molecule has 0 aliphatic heterocycles. The first-order valence-corrected chi connectivity index (χ1v) is 10.4. The molecule has 1 heterocycles. The molecule has 27 heavy (non-hydrogen) atoms. The molecule has 0 spiro atoms. The Hall–Kier alpha value is -2.10. The van der Waals surface area contributed by atoms with Crippen LogP contribution >= 0.6 is 0 Å². The van der Waals surface area contributed by atoms with Crippen LogP contribution in [0.1, 0.15) is 61.7 Å². The highest BCUT2D eigenvalue weighted by molar-refractivity contribution is 5.93. The summed E-state index contributed by atoms with van der Waals surface area (Å²) in [6, 6.07) is 9.94. The highest BCUT2D eigenvalue weighted by Gasteiger charge is 2.53. The fraction of sp³-hybridized carbons (Fsp3) is 0.565. The Morgan fingerprint density at radius 1 is 1.11 bits per heavy atom. The van der Waals surface area contributed by atoms with E-state index in [1.54, 1.807) is 0 Å². The van der Waals surface area contributed by atoms with E-state index in [1.165, 1.54) is 38.5 Å². The van der Waals surface area contributed by atoms with Crippen molar-refractivity contribution in [2.45, 2.75) is 58.4 Å². The second-order valence-electron chi connectivity index (χ2n) is 9.26. The maximum atomic E-state index is 13.0. The van der Waals surface area contributed by atoms with Crippen molar-refractivity contribution >= 4 is 5.91 Å². The summed E-state index contributed by atoms with van der Waals surface area (Å²) in [6.07, 6.45) is 8.11. The summed E-state index contributed by atoms with van der Waals surface area (Å²) >= 11 is 0. The van der Waals surface area contributed by atoms with E-state index < -0.39 is 0 Å². The van der Waals surface area contributed by atoms with Gasteiger partial charge in [0.15, 0.2) is 5.69 Å². The van der Waals surface area contributed by atoms with Gasteiger partial charge in [-0.05, 0) is 87.7 Å². The number of carbonyl (C=O) groups excluding carboxylic acids is 1. The SMILES string of the molecule is Cc1oc(-c2ccccc2)nc1C(=O)N[C@H](C)C12CC3CC(CC(C3)C1)C2. The van der Waals surface area contributed by atoms with Crippen LogP contribution in [-0.2, 0) is 0 Å². The lowest BCUT2D eigenvalue weighted by molar-refractivity contribution is -0.0688. The lowest BCUT2D eigenvalue weighted by Crippen LogP contribution is -2.55. The molecule has 4 bridgehead atoms. The number of nitrogens with zero attached hydrogens (tertiary/aromatic N) is 1. The molecule has 0 saturated heterocycles. The van der Waals surface area contributed by atoms with Gasteiger partial charge in [0.25, 0.3) is 5.91 Å². The molecule has 1 amide bonds. The van der Waals surface area contributed by atoms with Gasteiger partial charge in [-0.1, -0.05) is 18.2 Å². The molecule has 4 fully saturated rings. The molecule has 6 rings (SSSR count). The molecule has 0 radical (unpaired) electrons. The second-order valence-corrected chi connectivity index (χ2v) is 9.26. The predicted molar refractivity (Wildman–Crippen MR) is 104 cm³/mol. The molecule has 1 aromatic carbocycles. The average Bonchev–Trinajstić information content (AvgIpc) is 3.03. The molecular weight excluding hydrogens is 336 g/mol. The van der Waals surface area contributed by atoms with Crippen LogP contribution < -0.4 is 5.32 Å². The average molecular weight is 364 g/mol. The highest BCUT2D eigenvalue weighted by atomic mass is 16.4. The molecule has 142 valence electrons. The lowest BCUT2D eigenvalue weighted by Gasteiger charge is -2.59. The predicted octanol–water partition coefficient (Wildman–Crippen LogP) is 4.98. The normalized spacial score (nSPS) is 32.4. The Kier molecular flexibility index (Phi) is 3.92. The fourth-order valence-corrected chi connectivity index (χ4v) is 6.44. The van der Waals surface area contributed by atoms with Gasteiger partial charge in [0.05, 0.1) is 0 Å². The Bertz CT molecular complexity index is 819. The van der Waals surface area contributed by atoms with E-state index in [9.17, 15) is 4.79 Å². The van der Waals surface area contributed by atoms with Gasteiger partial charge in [-0.15, -0.1) is 0 Å². The molecular formula is C23H28N2O2. The largest absolute Gasteiger partial charge is 0.441 e. The number of benzene rings is 1. The monoisotopic (exact) mass is 364 g/mol. The number of aromatic nitrogens is 1. The van der Waals surface area contributed by atoms with Crippen LogP contribution in [0.5, 0.6) is 0 Å². The summed E-state index contributed by atoms with van der Waals surface area (Å²) in [5, 5.41) is 3.30. The molecule has 4 heteroatoms. The van der Waals surface area contributed by atoms with E-state index in [0.29, 0.717) is 22.8 Å². The smallest absolute Gasteiger partial charge is 0.273 e. The summed E-state index contributed by atoms with van der Waals surface area (Å²) in [4.78, 5) is 17.5. The molecule has 1 aromatic heterocycles. The van der Waals surface area contributed by atoms with E-state index in [4.69, 9.17) is 4.42 Å². The van der Waals surface area contributed by atoms with Crippen LogP contribution in [0.15, 0.2) is 34.7 Å². The van der Waals surface area contributed by atoms with Gasteiger partial charge in [-0.3, -0.25) is 4.79 Å². The quantitative estimate of drug-likeness (QED) is 0.832. The first-order chi connectivity index (χ1) is 13.0. The van der Waals surface area contributed by atoms with Crippen molar-refractivity contribution in [3.63, 3.8) is 0 Å². The number of hydrogen-bond donors (Lipinski definition) is 1. The molecule has 4 aliphatic rings. The molecule has 0 unspecified atom stereocenters. The van der Waals surface area contributed by atoms with Gasteiger partial charge in [0, 0.05) is 11.6 Å². The van der Waals surface area contributed by atoms with Crippen molar-refractivity contribution < 1.29 is 9.21 Å². The van der Waals surface area contributed by atoms with E-state index in [-0.39, 0.29) is 11.9 Å². The van der Waals surface area contributed by atoms with Crippen molar-refractivity contribution in [1.29, 1.82) is 0 Å². The van der Waals surface area contributed by atoms with Gasteiger partial charge in [0.2, 0.25) is 5.89 Å². The summed E-state index contributed by atoms with van der Waals surface area (Å²) < 4.78 is 5.78. The van der Waals surface area contributed by atoms with Crippen molar-refractivity contribution in [1.82, 2.24) is 10.3 Å². The third-order valence-corrected chi connectivity index (χ3v) is 7.38. The zero-order valence-electron chi connectivity index (χ0n) is 16.2. The molecule has 4 nitrogen and oxygen atoms in total. The molecule has 4 aliphatic carbocycles. The van der Waals surface area contributed by atoms with Crippen LogP contribution in [0.2, 0.25) is 0 Å². The Labute approximate surface area is 160 Å². The summed E-state index contributed by atoms with van der Waals surface area (Å²) in [7, 11) is 0. The minimum absolute atomic E-state index is 0.0957. The van der Waals surface area contributed by atoms with Gasteiger partial charge < -0.3 is 9.73 Å². The third-order valence-electron chi connectivity index (χ3n) is 7.38. The van der Waals surface area contributed by atoms with Crippen LogP contribution in [0.3, 0.4) is 0 Å². The lowest BCUT2D eigenvalue weighted by atomic mass is 9.48. The van der Waals surface area contributed by atoms with E-state index in [1.807, 2.05) is 37.3 Å². The van der Waals surface area contributed by atoms with Gasteiger partial charge in [-0.2, -0.15) is 0 Å². The zero-order valence-corrected chi connectivity index (χ0v) is 16.2.